The van der Waals surface area contributed by atoms with Crippen LogP contribution in [0.15, 0.2) is 34.7 Å². The number of para-hydroxylation sites is 1. The van der Waals surface area contributed by atoms with Gasteiger partial charge in [-0.1, -0.05) is 24.6 Å². The van der Waals surface area contributed by atoms with Crippen LogP contribution in [0.4, 0.5) is 0 Å². The van der Waals surface area contributed by atoms with E-state index in [-0.39, 0.29) is 0 Å². The fourth-order valence-electron chi connectivity index (χ4n) is 3.22. The summed E-state index contributed by atoms with van der Waals surface area (Å²) in [5, 5.41) is 4.48. The van der Waals surface area contributed by atoms with Crippen LogP contribution in [0.3, 0.4) is 0 Å². The number of likely N-dealkylation sites (tertiary alicyclic amines) is 1. The van der Waals surface area contributed by atoms with Crippen molar-refractivity contribution in [2.75, 3.05) is 20.1 Å². The van der Waals surface area contributed by atoms with Crippen LogP contribution in [0.25, 0.3) is 11.0 Å². The van der Waals surface area contributed by atoms with Gasteiger partial charge in [-0.2, -0.15) is 0 Å². The molecule has 1 aromatic carbocycles. The smallest absolute Gasteiger partial charge is 0.134 e. The van der Waals surface area contributed by atoms with Crippen LogP contribution in [0.2, 0.25) is 0 Å². The van der Waals surface area contributed by atoms with Crippen molar-refractivity contribution in [1.29, 1.82) is 0 Å². The molecule has 1 saturated heterocycles. The van der Waals surface area contributed by atoms with E-state index in [0.29, 0.717) is 6.04 Å². The van der Waals surface area contributed by atoms with Crippen molar-refractivity contribution in [2.45, 2.75) is 38.3 Å². The molecule has 108 valence electrons. The van der Waals surface area contributed by atoms with Crippen molar-refractivity contribution in [3.05, 3.63) is 36.1 Å². The van der Waals surface area contributed by atoms with Gasteiger partial charge in [0.15, 0.2) is 0 Å². The summed E-state index contributed by atoms with van der Waals surface area (Å²) < 4.78 is 5.97. The zero-order chi connectivity index (χ0) is 13.8. The SMILES string of the molecule is CNCCC1CCCCN1Cc1cc2ccccc2o1. The Morgan fingerprint density at radius 2 is 2.20 bits per heavy atom. The molecule has 0 radical (unpaired) electrons. The molecule has 1 unspecified atom stereocenters. The fourth-order valence-corrected chi connectivity index (χ4v) is 3.22. The topological polar surface area (TPSA) is 28.4 Å². The van der Waals surface area contributed by atoms with Gasteiger partial charge in [0.1, 0.15) is 11.3 Å². The number of nitrogens with one attached hydrogen (secondary N) is 1. The highest BCUT2D eigenvalue weighted by molar-refractivity contribution is 5.77. The molecule has 1 aromatic heterocycles. The van der Waals surface area contributed by atoms with E-state index in [0.717, 1.165) is 24.4 Å². The Kier molecular flexibility index (Phi) is 4.38. The van der Waals surface area contributed by atoms with Gasteiger partial charge in [0.25, 0.3) is 0 Å². The van der Waals surface area contributed by atoms with Crippen LogP contribution in [0.5, 0.6) is 0 Å². The molecule has 1 aliphatic rings. The van der Waals surface area contributed by atoms with E-state index in [4.69, 9.17) is 4.42 Å². The molecule has 3 nitrogen and oxygen atoms in total. The monoisotopic (exact) mass is 272 g/mol. The molecule has 0 aliphatic carbocycles. The first-order valence-corrected chi connectivity index (χ1v) is 7.73. The summed E-state index contributed by atoms with van der Waals surface area (Å²) >= 11 is 0. The third-order valence-electron chi connectivity index (χ3n) is 4.31. The molecule has 0 amide bonds. The molecule has 3 heteroatoms. The van der Waals surface area contributed by atoms with Crippen molar-refractivity contribution in [2.24, 2.45) is 0 Å². The van der Waals surface area contributed by atoms with E-state index in [9.17, 15) is 0 Å². The molecule has 3 rings (SSSR count). The number of hydrogen-bond acceptors (Lipinski definition) is 3. The van der Waals surface area contributed by atoms with E-state index in [1.165, 1.54) is 37.6 Å². The molecule has 20 heavy (non-hydrogen) atoms. The Labute approximate surface area is 120 Å². The molecule has 0 bridgehead atoms. The molecular formula is C17H24N2O. The zero-order valence-corrected chi connectivity index (χ0v) is 12.3. The summed E-state index contributed by atoms with van der Waals surface area (Å²) in [6, 6.07) is 11.2. The Hall–Kier alpha value is -1.32. The van der Waals surface area contributed by atoms with Crippen LogP contribution >= 0.6 is 0 Å². The van der Waals surface area contributed by atoms with Gasteiger partial charge in [0, 0.05) is 11.4 Å². The quantitative estimate of drug-likeness (QED) is 0.904. The van der Waals surface area contributed by atoms with Gasteiger partial charge in [-0.25, -0.2) is 0 Å². The van der Waals surface area contributed by atoms with E-state index < -0.39 is 0 Å². The van der Waals surface area contributed by atoms with Crippen LogP contribution in [-0.2, 0) is 6.54 Å². The largest absolute Gasteiger partial charge is 0.460 e. The second-order valence-electron chi connectivity index (χ2n) is 5.76. The molecule has 1 fully saturated rings. The number of rotatable bonds is 5. The van der Waals surface area contributed by atoms with Gasteiger partial charge in [-0.3, -0.25) is 4.90 Å². The molecule has 2 aromatic rings. The summed E-state index contributed by atoms with van der Waals surface area (Å²) in [4.78, 5) is 2.60. The fraction of sp³-hybridized carbons (Fsp3) is 0.529. The summed E-state index contributed by atoms with van der Waals surface area (Å²) in [5.74, 6) is 1.10. The minimum Gasteiger partial charge on any atom is -0.460 e. The maximum Gasteiger partial charge on any atom is 0.134 e. The van der Waals surface area contributed by atoms with E-state index in [1.807, 2.05) is 19.2 Å². The summed E-state index contributed by atoms with van der Waals surface area (Å²) in [6.07, 6.45) is 5.24. The highest BCUT2D eigenvalue weighted by Crippen LogP contribution is 2.25. The standard InChI is InChI=1S/C17H24N2O/c1-18-10-9-15-7-4-5-11-19(15)13-16-12-14-6-2-3-8-17(14)20-16/h2-3,6,8,12,15,18H,4-5,7,9-11,13H2,1H3. The predicted octanol–water partition coefficient (Wildman–Crippen LogP) is 3.40. The first-order chi connectivity index (χ1) is 9.86. The van der Waals surface area contributed by atoms with Crippen molar-refractivity contribution < 1.29 is 4.42 Å². The lowest BCUT2D eigenvalue weighted by atomic mass is 9.99. The summed E-state index contributed by atoms with van der Waals surface area (Å²) in [7, 11) is 2.03. The van der Waals surface area contributed by atoms with Crippen molar-refractivity contribution in [3.8, 4) is 0 Å². The first kappa shape index (κ1) is 13.7. The normalized spacial score (nSPS) is 20.6. The maximum absolute atomic E-state index is 5.97. The minimum absolute atomic E-state index is 0.699. The lowest BCUT2D eigenvalue weighted by molar-refractivity contribution is 0.124. The predicted molar refractivity (Wildman–Crippen MR) is 82.8 cm³/mol. The molecule has 1 atom stereocenters. The Bertz CT molecular complexity index is 516. The van der Waals surface area contributed by atoms with Crippen molar-refractivity contribution >= 4 is 11.0 Å². The lowest BCUT2D eigenvalue weighted by Gasteiger charge is -2.35. The average Bonchev–Trinajstić information content (AvgIpc) is 2.88. The molecule has 2 heterocycles. The van der Waals surface area contributed by atoms with Crippen LogP contribution in [-0.4, -0.2) is 31.1 Å². The summed E-state index contributed by atoms with van der Waals surface area (Å²) in [6.45, 7) is 3.25. The van der Waals surface area contributed by atoms with Crippen LogP contribution in [0, 0.1) is 0 Å². The van der Waals surface area contributed by atoms with E-state index in [1.54, 1.807) is 0 Å². The number of piperidine rings is 1. The Morgan fingerprint density at radius 3 is 3.05 bits per heavy atom. The van der Waals surface area contributed by atoms with E-state index in [2.05, 4.69) is 28.4 Å². The number of hydrogen-bond donors (Lipinski definition) is 1. The average molecular weight is 272 g/mol. The number of fused-ring (bicyclic) bond motifs is 1. The second-order valence-corrected chi connectivity index (χ2v) is 5.76. The molecular weight excluding hydrogens is 248 g/mol. The Balaban J connectivity index is 1.70. The Morgan fingerprint density at radius 1 is 1.30 bits per heavy atom. The molecule has 1 aliphatic heterocycles. The third kappa shape index (κ3) is 3.05. The van der Waals surface area contributed by atoms with Crippen molar-refractivity contribution in [3.63, 3.8) is 0 Å². The van der Waals surface area contributed by atoms with Gasteiger partial charge in [0.2, 0.25) is 0 Å². The number of benzene rings is 1. The first-order valence-electron chi connectivity index (χ1n) is 7.73. The van der Waals surface area contributed by atoms with Crippen LogP contribution in [0.1, 0.15) is 31.4 Å². The highest BCUT2D eigenvalue weighted by atomic mass is 16.3. The summed E-state index contributed by atoms with van der Waals surface area (Å²) in [5.41, 5.74) is 1.01. The number of furan rings is 1. The van der Waals surface area contributed by atoms with E-state index >= 15 is 0 Å². The lowest BCUT2D eigenvalue weighted by Crippen LogP contribution is -2.40. The highest BCUT2D eigenvalue weighted by Gasteiger charge is 2.22. The zero-order valence-electron chi connectivity index (χ0n) is 12.3. The minimum atomic E-state index is 0.699. The van der Waals surface area contributed by atoms with Gasteiger partial charge in [0.05, 0.1) is 6.54 Å². The van der Waals surface area contributed by atoms with Gasteiger partial charge in [-0.15, -0.1) is 0 Å². The number of nitrogens with zero attached hydrogens (tertiary/aromatic N) is 1. The molecule has 0 saturated carbocycles. The second kappa shape index (κ2) is 6.42. The molecule has 0 spiro atoms. The van der Waals surface area contributed by atoms with Crippen LogP contribution < -0.4 is 5.32 Å². The van der Waals surface area contributed by atoms with Gasteiger partial charge < -0.3 is 9.73 Å². The van der Waals surface area contributed by atoms with Gasteiger partial charge >= 0.3 is 0 Å². The maximum atomic E-state index is 5.97. The third-order valence-corrected chi connectivity index (χ3v) is 4.31. The van der Waals surface area contributed by atoms with Crippen molar-refractivity contribution in [1.82, 2.24) is 10.2 Å². The molecule has 1 N–H and O–H groups in total. The van der Waals surface area contributed by atoms with Gasteiger partial charge in [-0.05, 0) is 51.5 Å².